The minimum atomic E-state index is -0.137. The van der Waals surface area contributed by atoms with E-state index in [2.05, 4.69) is 18.0 Å². The third kappa shape index (κ3) is 1.97. The number of pyridine rings is 1. The Labute approximate surface area is 96.7 Å². The van der Waals surface area contributed by atoms with Gasteiger partial charge in [0.15, 0.2) is 0 Å². The highest BCUT2D eigenvalue weighted by molar-refractivity contribution is 5.32. The number of aliphatic hydroxyl groups is 1. The zero-order chi connectivity index (χ0) is 11.6. The summed E-state index contributed by atoms with van der Waals surface area (Å²) in [5, 5.41) is 9.60. The lowest BCUT2D eigenvalue weighted by atomic mass is 9.68. The van der Waals surface area contributed by atoms with E-state index in [1.54, 1.807) is 0 Å². The molecule has 3 N–H and O–H groups in total. The molecule has 1 saturated carbocycles. The van der Waals surface area contributed by atoms with Crippen molar-refractivity contribution in [2.75, 3.05) is 6.54 Å². The summed E-state index contributed by atoms with van der Waals surface area (Å²) in [5.74, 6) is 0. The summed E-state index contributed by atoms with van der Waals surface area (Å²) >= 11 is 0. The van der Waals surface area contributed by atoms with Gasteiger partial charge in [0, 0.05) is 24.4 Å². The van der Waals surface area contributed by atoms with Crippen molar-refractivity contribution in [1.29, 1.82) is 0 Å². The molecule has 0 atom stereocenters. The fourth-order valence-electron chi connectivity index (χ4n) is 2.81. The summed E-state index contributed by atoms with van der Waals surface area (Å²) < 4.78 is 0. The molecule has 88 valence electrons. The maximum absolute atomic E-state index is 9.60. The van der Waals surface area contributed by atoms with Gasteiger partial charge in [-0.1, -0.05) is 0 Å². The van der Waals surface area contributed by atoms with E-state index in [1.807, 2.05) is 12.4 Å². The molecule has 0 saturated heterocycles. The molecule has 16 heavy (non-hydrogen) atoms. The lowest BCUT2D eigenvalue weighted by Crippen LogP contribution is -2.40. The van der Waals surface area contributed by atoms with Gasteiger partial charge >= 0.3 is 0 Å². The molecule has 1 aromatic heterocycles. The van der Waals surface area contributed by atoms with Crippen LogP contribution in [0.4, 0.5) is 0 Å². The van der Waals surface area contributed by atoms with E-state index >= 15 is 0 Å². The van der Waals surface area contributed by atoms with Gasteiger partial charge in [-0.3, -0.25) is 4.98 Å². The summed E-state index contributed by atoms with van der Waals surface area (Å²) in [6, 6.07) is 2.08. The van der Waals surface area contributed by atoms with Crippen molar-refractivity contribution in [3.63, 3.8) is 0 Å². The molecule has 1 fully saturated rings. The van der Waals surface area contributed by atoms with Gasteiger partial charge in [-0.15, -0.1) is 0 Å². The Kier molecular flexibility index (Phi) is 3.26. The number of aromatic nitrogens is 1. The third-order valence-corrected chi connectivity index (χ3v) is 3.89. The molecule has 0 spiro atoms. The molecule has 0 aromatic carbocycles. The Hall–Kier alpha value is -0.930. The number of hydrogen-bond donors (Lipinski definition) is 2. The maximum atomic E-state index is 9.60. The van der Waals surface area contributed by atoms with Crippen LogP contribution < -0.4 is 5.73 Å². The average molecular weight is 220 g/mol. The van der Waals surface area contributed by atoms with Crippen LogP contribution in [0, 0.1) is 6.92 Å². The number of hydrogen-bond acceptors (Lipinski definition) is 3. The van der Waals surface area contributed by atoms with E-state index in [9.17, 15) is 5.11 Å². The minimum absolute atomic E-state index is 0.0618. The van der Waals surface area contributed by atoms with Crippen molar-refractivity contribution in [2.24, 2.45) is 5.73 Å². The Morgan fingerprint density at radius 2 is 2.19 bits per heavy atom. The minimum Gasteiger partial charge on any atom is -0.393 e. The first-order valence-electron chi connectivity index (χ1n) is 5.97. The van der Waals surface area contributed by atoms with E-state index in [0.29, 0.717) is 6.54 Å². The summed E-state index contributed by atoms with van der Waals surface area (Å²) in [7, 11) is 0. The number of aliphatic hydroxyl groups excluding tert-OH is 1. The van der Waals surface area contributed by atoms with Crippen LogP contribution in [0.5, 0.6) is 0 Å². The molecule has 0 aliphatic heterocycles. The van der Waals surface area contributed by atoms with Crippen LogP contribution in [0.2, 0.25) is 0 Å². The Balaban J connectivity index is 2.32. The summed E-state index contributed by atoms with van der Waals surface area (Å²) in [6.45, 7) is 2.75. The molecule has 2 rings (SSSR count). The fourth-order valence-corrected chi connectivity index (χ4v) is 2.81. The van der Waals surface area contributed by atoms with Crippen LogP contribution in [-0.2, 0) is 5.41 Å². The van der Waals surface area contributed by atoms with Crippen molar-refractivity contribution in [3.8, 4) is 0 Å². The quantitative estimate of drug-likeness (QED) is 0.794. The Morgan fingerprint density at radius 1 is 1.50 bits per heavy atom. The Morgan fingerprint density at radius 3 is 2.75 bits per heavy atom. The zero-order valence-electron chi connectivity index (χ0n) is 9.82. The first kappa shape index (κ1) is 11.6. The van der Waals surface area contributed by atoms with Crippen molar-refractivity contribution in [2.45, 2.75) is 44.1 Å². The van der Waals surface area contributed by atoms with E-state index in [1.165, 1.54) is 11.1 Å². The van der Waals surface area contributed by atoms with E-state index < -0.39 is 0 Å². The Bertz CT molecular complexity index is 357. The molecule has 1 aliphatic rings. The fraction of sp³-hybridized carbons (Fsp3) is 0.615. The van der Waals surface area contributed by atoms with Gasteiger partial charge in [-0.25, -0.2) is 0 Å². The van der Waals surface area contributed by atoms with Crippen molar-refractivity contribution in [1.82, 2.24) is 4.98 Å². The van der Waals surface area contributed by atoms with E-state index in [0.717, 1.165) is 25.7 Å². The highest BCUT2D eigenvalue weighted by Gasteiger charge is 2.36. The average Bonchev–Trinajstić information content (AvgIpc) is 2.32. The number of nitrogens with two attached hydrogens (primary N) is 1. The molecule has 1 aliphatic carbocycles. The highest BCUT2D eigenvalue weighted by Crippen LogP contribution is 2.39. The molecule has 0 amide bonds. The molecular weight excluding hydrogens is 200 g/mol. The van der Waals surface area contributed by atoms with Gasteiger partial charge in [-0.05, 0) is 49.8 Å². The topological polar surface area (TPSA) is 59.1 Å². The monoisotopic (exact) mass is 220 g/mol. The summed E-state index contributed by atoms with van der Waals surface area (Å²) in [5.41, 5.74) is 8.57. The van der Waals surface area contributed by atoms with Crippen LogP contribution in [0.25, 0.3) is 0 Å². The van der Waals surface area contributed by atoms with Crippen molar-refractivity contribution >= 4 is 0 Å². The summed E-state index contributed by atoms with van der Waals surface area (Å²) in [4.78, 5) is 4.13. The molecular formula is C13H20N2O. The second kappa shape index (κ2) is 4.52. The van der Waals surface area contributed by atoms with E-state index in [4.69, 9.17) is 5.73 Å². The number of nitrogens with zero attached hydrogens (tertiary/aromatic N) is 1. The zero-order valence-corrected chi connectivity index (χ0v) is 9.82. The summed E-state index contributed by atoms with van der Waals surface area (Å²) in [6.07, 6.45) is 7.28. The molecule has 1 aromatic rings. The first-order valence-corrected chi connectivity index (χ1v) is 5.97. The highest BCUT2D eigenvalue weighted by atomic mass is 16.3. The van der Waals surface area contributed by atoms with Crippen LogP contribution in [0.3, 0.4) is 0 Å². The maximum Gasteiger partial charge on any atom is 0.0541 e. The van der Waals surface area contributed by atoms with Gasteiger partial charge < -0.3 is 10.8 Å². The molecule has 3 heteroatoms. The van der Waals surface area contributed by atoms with Crippen molar-refractivity contribution < 1.29 is 5.11 Å². The second-order valence-corrected chi connectivity index (χ2v) is 4.91. The predicted molar refractivity (Wildman–Crippen MR) is 64.2 cm³/mol. The van der Waals surface area contributed by atoms with Crippen LogP contribution in [0.1, 0.15) is 36.8 Å². The molecule has 0 radical (unpaired) electrons. The normalized spacial score (nSPS) is 30.3. The van der Waals surface area contributed by atoms with Crippen molar-refractivity contribution in [3.05, 3.63) is 29.6 Å². The predicted octanol–water partition coefficient (Wildman–Crippen LogP) is 1.52. The number of aryl methyl sites for hydroxylation is 1. The molecule has 1 heterocycles. The largest absolute Gasteiger partial charge is 0.393 e. The van der Waals surface area contributed by atoms with Crippen LogP contribution in [-0.4, -0.2) is 22.7 Å². The van der Waals surface area contributed by atoms with Gasteiger partial charge in [0.25, 0.3) is 0 Å². The van der Waals surface area contributed by atoms with Gasteiger partial charge in [-0.2, -0.15) is 0 Å². The van der Waals surface area contributed by atoms with Gasteiger partial charge in [0.1, 0.15) is 0 Å². The second-order valence-electron chi connectivity index (χ2n) is 4.91. The third-order valence-electron chi connectivity index (χ3n) is 3.89. The molecule has 3 nitrogen and oxygen atoms in total. The van der Waals surface area contributed by atoms with E-state index in [-0.39, 0.29) is 11.5 Å². The lowest BCUT2D eigenvalue weighted by Gasteiger charge is -2.39. The smallest absolute Gasteiger partial charge is 0.0541 e. The SMILES string of the molecule is Cc1cnccc1C1(CN)CCC(O)CC1. The van der Waals surface area contributed by atoms with Gasteiger partial charge in [0.2, 0.25) is 0 Å². The van der Waals surface area contributed by atoms with Crippen LogP contribution in [0.15, 0.2) is 18.5 Å². The molecule has 0 bridgehead atoms. The van der Waals surface area contributed by atoms with Crippen LogP contribution >= 0.6 is 0 Å². The standard InChI is InChI=1S/C13H20N2O/c1-10-8-15-7-4-12(10)13(9-14)5-2-11(16)3-6-13/h4,7-8,11,16H,2-3,5-6,9,14H2,1H3. The first-order chi connectivity index (χ1) is 7.68. The number of rotatable bonds is 2. The lowest BCUT2D eigenvalue weighted by molar-refractivity contribution is 0.0972. The molecule has 0 unspecified atom stereocenters. The van der Waals surface area contributed by atoms with Gasteiger partial charge in [0.05, 0.1) is 6.10 Å².